The topological polar surface area (TPSA) is 127 Å². The summed E-state index contributed by atoms with van der Waals surface area (Å²) < 4.78 is 0. The maximum atomic E-state index is 8.90. The van der Waals surface area contributed by atoms with Crippen LogP contribution in [0.15, 0.2) is 0 Å². The van der Waals surface area contributed by atoms with E-state index >= 15 is 0 Å². The van der Waals surface area contributed by atoms with Gasteiger partial charge in [-0.25, -0.2) is 4.79 Å². The average molecular weight is 162 g/mol. The Morgan fingerprint density at radius 2 is 1.40 bits per heavy atom. The Hall–Kier alpha value is -0.500. The van der Waals surface area contributed by atoms with Crippen LogP contribution in [-0.2, 0) is 4.89 Å². The molecule has 0 radical (unpaired) electrons. The van der Waals surface area contributed by atoms with Crippen LogP contribution in [-0.4, -0.2) is 27.8 Å². The van der Waals surface area contributed by atoms with Crippen molar-refractivity contribution in [2.75, 3.05) is 0 Å². The molecule has 0 heterocycles. The SMILES string of the molecule is O=C(O)OO.O=C([O-])O.[Na+]. The molecule has 54 valence electrons. The molecule has 3 N–H and O–H groups in total. The van der Waals surface area contributed by atoms with E-state index in [0.29, 0.717) is 0 Å². The van der Waals surface area contributed by atoms with E-state index in [-0.39, 0.29) is 29.6 Å². The van der Waals surface area contributed by atoms with Crippen molar-refractivity contribution in [3.8, 4) is 0 Å². The largest absolute Gasteiger partial charge is 1.00 e. The van der Waals surface area contributed by atoms with Crippen LogP contribution in [0.5, 0.6) is 0 Å². The summed E-state index contributed by atoms with van der Waals surface area (Å²) in [5.74, 6) is 0. The van der Waals surface area contributed by atoms with Gasteiger partial charge < -0.3 is 20.1 Å². The molecule has 0 aliphatic heterocycles. The molecular weight excluding hydrogens is 159 g/mol. The first-order chi connectivity index (χ1) is 4.00. The molecule has 0 bridgehead atoms. The van der Waals surface area contributed by atoms with Crippen molar-refractivity contribution < 1.29 is 64.6 Å². The smallest absolute Gasteiger partial charge is 0.565 e. The van der Waals surface area contributed by atoms with Gasteiger partial charge in [0, 0.05) is 0 Å². The molecule has 0 spiro atoms. The van der Waals surface area contributed by atoms with Crippen molar-refractivity contribution >= 4 is 12.3 Å². The van der Waals surface area contributed by atoms with E-state index in [9.17, 15) is 0 Å². The predicted octanol–water partition coefficient (Wildman–Crippen LogP) is -3.95. The third-order valence-corrected chi connectivity index (χ3v) is 0.0781. The maximum absolute atomic E-state index is 8.90. The third kappa shape index (κ3) is 141. The molecular formula is C2H3NaO7. The molecule has 0 amide bonds. The zero-order valence-electron chi connectivity index (χ0n) is 4.97. The molecule has 10 heavy (non-hydrogen) atoms. The van der Waals surface area contributed by atoms with Gasteiger partial charge in [0.05, 0.1) is 0 Å². The van der Waals surface area contributed by atoms with E-state index in [1.54, 1.807) is 0 Å². The molecule has 0 aliphatic carbocycles. The van der Waals surface area contributed by atoms with Crippen LogP contribution in [0.1, 0.15) is 0 Å². The minimum atomic E-state index is -2.08. The molecule has 0 unspecified atom stereocenters. The molecule has 0 aliphatic rings. The summed E-state index contributed by atoms with van der Waals surface area (Å²) in [6.07, 6.45) is -3.77. The molecule has 0 saturated heterocycles. The van der Waals surface area contributed by atoms with Crippen LogP contribution in [0.3, 0.4) is 0 Å². The second-order valence-corrected chi connectivity index (χ2v) is 0.623. The summed E-state index contributed by atoms with van der Waals surface area (Å²) in [4.78, 5) is 20.0. The normalized spacial score (nSPS) is 5.70. The number of rotatable bonds is 0. The standard InChI is InChI=1S/CH2O4.CH2O3.Na/c2-1(3)5-4;2-1(3)4;/h4H,(H,2,3);(H2,2,3,4);/q;;+1/p-1. The summed E-state index contributed by atoms with van der Waals surface area (Å²) in [5, 5.41) is 29.6. The minimum absolute atomic E-state index is 0. The Labute approximate surface area is 77.1 Å². The van der Waals surface area contributed by atoms with E-state index in [1.807, 2.05) is 0 Å². The fraction of sp³-hybridized carbons (Fsp3) is 0. The summed E-state index contributed by atoms with van der Waals surface area (Å²) in [7, 11) is 0. The average Bonchev–Trinajstić information content (AvgIpc) is 1.65. The van der Waals surface area contributed by atoms with Gasteiger partial charge >= 0.3 is 35.7 Å². The van der Waals surface area contributed by atoms with Crippen LogP contribution in [0, 0.1) is 0 Å². The first-order valence-electron chi connectivity index (χ1n) is 1.45. The van der Waals surface area contributed by atoms with Crippen molar-refractivity contribution in [3.05, 3.63) is 0 Å². The third-order valence-electron chi connectivity index (χ3n) is 0.0781. The van der Waals surface area contributed by atoms with Crippen molar-refractivity contribution in [1.29, 1.82) is 0 Å². The fourth-order valence-corrected chi connectivity index (χ4v) is 0. The van der Waals surface area contributed by atoms with E-state index in [0.717, 1.165) is 0 Å². The van der Waals surface area contributed by atoms with Gasteiger partial charge in [0.1, 0.15) is 0 Å². The van der Waals surface area contributed by atoms with Gasteiger partial charge in [-0.2, -0.15) is 5.26 Å². The van der Waals surface area contributed by atoms with Gasteiger partial charge in [-0.1, -0.05) is 0 Å². The number of carboxylic acid groups (broad SMARTS) is 3. The summed E-state index contributed by atoms with van der Waals surface area (Å²) in [6, 6.07) is 0. The minimum Gasteiger partial charge on any atom is -0.565 e. The molecule has 0 aromatic rings. The number of carbonyl (C=O) groups is 2. The van der Waals surface area contributed by atoms with Gasteiger partial charge in [-0.05, 0) is 0 Å². The van der Waals surface area contributed by atoms with Crippen molar-refractivity contribution in [2.24, 2.45) is 0 Å². The van der Waals surface area contributed by atoms with E-state index in [2.05, 4.69) is 4.89 Å². The Bertz CT molecular complexity index is 95.8. The van der Waals surface area contributed by atoms with Gasteiger partial charge in [0.15, 0.2) is 0 Å². The molecule has 8 heteroatoms. The Kier molecular flexibility index (Phi) is 18.4. The summed E-state index contributed by atoms with van der Waals surface area (Å²) >= 11 is 0. The zero-order chi connectivity index (χ0) is 7.86. The van der Waals surface area contributed by atoms with Gasteiger partial charge in [-0.3, -0.25) is 4.89 Å². The first-order valence-corrected chi connectivity index (χ1v) is 1.45. The van der Waals surface area contributed by atoms with Gasteiger partial charge in [0.2, 0.25) is 6.16 Å². The molecule has 0 atom stereocenters. The van der Waals surface area contributed by atoms with Crippen molar-refractivity contribution in [3.63, 3.8) is 0 Å². The Balaban J connectivity index is -0.0000000910. The zero-order valence-corrected chi connectivity index (χ0v) is 6.97. The summed E-state index contributed by atoms with van der Waals surface area (Å²) in [6.45, 7) is 0. The van der Waals surface area contributed by atoms with Crippen LogP contribution < -0.4 is 34.7 Å². The number of hydrogen-bond acceptors (Lipinski definition) is 5. The molecule has 0 saturated carbocycles. The second kappa shape index (κ2) is 11.3. The number of hydrogen-bond donors (Lipinski definition) is 3. The van der Waals surface area contributed by atoms with Gasteiger partial charge in [-0.15, -0.1) is 0 Å². The van der Waals surface area contributed by atoms with Crippen molar-refractivity contribution in [2.45, 2.75) is 0 Å². The maximum Gasteiger partial charge on any atom is 1.00 e. The molecule has 0 fully saturated rings. The van der Waals surface area contributed by atoms with E-state index < -0.39 is 12.3 Å². The fourth-order valence-electron chi connectivity index (χ4n) is 0. The second-order valence-electron chi connectivity index (χ2n) is 0.623. The van der Waals surface area contributed by atoms with Crippen LogP contribution in [0.4, 0.5) is 9.59 Å². The summed E-state index contributed by atoms with van der Waals surface area (Å²) in [5.41, 5.74) is 0. The first kappa shape index (κ1) is 16.2. The molecule has 0 rings (SSSR count). The quantitative estimate of drug-likeness (QED) is 0.188. The van der Waals surface area contributed by atoms with Crippen LogP contribution in [0.2, 0.25) is 0 Å². The van der Waals surface area contributed by atoms with Crippen LogP contribution in [0.25, 0.3) is 0 Å². The monoisotopic (exact) mass is 162 g/mol. The Morgan fingerprint density at radius 3 is 1.40 bits per heavy atom. The van der Waals surface area contributed by atoms with Crippen molar-refractivity contribution in [1.82, 2.24) is 0 Å². The van der Waals surface area contributed by atoms with Gasteiger partial charge in [0.25, 0.3) is 0 Å². The molecule has 7 nitrogen and oxygen atoms in total. The van der Waals surface area contributed by atoms with E-state index in [1.165, 1.54) is 0 Å². The molecule has 0 aromatic carbocycles. The van der Waals surface area contributed by atoms with Crippen LogP contribution >= 0.6 is 0 Å². The Morgan fingerprint density at radius 1 is 1.30 bits per heavy atom. The van der Waals surface area contributed by atoms with E-state index in [4.69, 9.17) is 30.2 Å². The molecule has 0 aromatic heterocycles. The predicted molar refractivity (Wildman–Crippen MR) is 19.8 cm³/mol.